The summed E-state index contributed by atoms with van der Waals surface area (Å²) in [5.41, 5.74) is -0.509. The second-order valence-electron chi connectivity index (χ2n) is 4.13. The van der Waals surface area contributed by atoms with Gasteiger partial charge in [-0.1, -0.05) is 6.07 Å². The smallest absolute Gasteiger partial charge is 0.284 e. The van der Waals surface area contributed by atoms with Crippen LogP contribution in [-0.2, 0) is 6.18 Å². The van der Waals surface area contributed by atoms with E-state index in [0.29, 0.717) is 17.0 Å². The maximum absolute atomic E-state index is 13.6. The topological polar surface area (TPSA) is 30.2 Å². The molecule has 0 N–H and O–H groups in total. The number of aromatic nitrogens is 3. The summed E-state index contributed by atoms with van der Waals surface area (Å²) in [5, 5.41) is 0. The van der Waals surface area contributed by atoms with Gasteiger partial charge < -0.3 is 0 Å². The Morgan fingerprint density at radius 2 is 1.90 bits per heavy atom. The van der Waals surface area contributed by atoms with Crippen LogP contribution >= 0.6 is 0 Å². The summed E-state index contributed by atoms with van der Waals surface area (Å²) in [4.78, 5) is 7.99. The van der Waals surface area contributed by atoms with E-state index in [4.69, 9.17) is 0 Å². The quantitative estimate of drug-likeness (QED) is 0.638. The van der Waals surface area contributed by atoms with Crippen molar-refractivity contribution < 1.29 is 17.6 Å². The Morgan fingerprint density at radius 1 is 1.10 bits per heavy atom. The first-order valence-electron chi connectivity index (χ1n) is 5.62. The van der Waals surface area contributed by atoms with Gasteiger partial charge in [0.15, 0.2) is 0 Å². The Balaban J connectivity index is 2.14. The number of alkyl halides is 3. The van der Waals surface area contributed by atoms with Crippen LogP contribution in [0.4, 0.5) is 17.6 Å². The van der Waals surface area contributed by atoms with Crippen molar-refractivity contribution in [3.8, 4) is 11.3 Å². The zero-order valence-electron chi connectivity index (χ0n) is 9.89. The minimum Gasteiger partial charge on any atom is -0.284 e. The Labute approximate surface area is 110 Å². The first-order chi connectivity index (χ1) is 9.47. The predicted molar refractivity (Wildman–Crippen MR) is 63.4 cm³/mol. The van der Waals surface area contributed by atoms with Gasteiger partial charge in [-0.2, -0.15) is 13.2 Å². The van der Waals surface area contributed by atoms with Crippen LogP contribution in [0.5, 0.6) is 0 Å². The van der Waals surface area contributed by atoms with Crippen LogP contribution in [-0.4, -0.2) is 14.4 Å². The van der Waals surface area contributed by atoms with E-state index in [0.717, 1.165) is 12.1 Å². The lowest BCUT2D eigenvalue weighted by molar-refractivity contribution is -0.139. The summed E-state index contributed by atoms with van der Waals surface area (Å²) in [6, 6.07) is 4.43. The van der Waals surface area contributed by atoms with E-state index in [9.17, 15) is 17.6 Å². The highest BCUT2D eigenvalue weighted by atomic mass is 19.4. The van der Waals surface area contributed by atoms with Crippen molar-refractivity contribution in [1.82, 2.24) is 14.4 Å². The molecule has 20 heavy (non-hydrogen) atoms. The molecular weight excluding hydrogens is 274 g/mol. The standard InChI is InChI=1S/C13H7F4N3/c14-10-6-8(2-3-9(10)13(15,16)17)11-7-19-12-18-4-1-5-20(11)12/h1-7H. The molecule has 0 amide bonds. The van der Waals surface area contributed by atoms with Crippen molar-refractivity contribution in [2.24, 2.45) is 0 Å². The number of hydrogen-bond acceptors (Lipinski definition) is 2. The SMILES string of the molecule is Fc1cc(-c2cnc3ncccn23)ccc1C(F)(F)F. The predicted octanol–water partition coefficient (Wildman–Crippen LogP) is 3.55. The molecule has 0 aliphatic heterocycles. The van der Waals surface area contributed by atoms with Crippen LogP contribution in [0.1, 0.15) is 5.56 Å². The van der Waals surface area contributed by atoms with Crippen molar-refractivity contribution in [1.29, 1.82) is 0 Å². The molecule has 1 aromatic carbocycles. The minimum atomic E-state index is -4.70. The lowest BCUT2D eigenvalue weighted by atomic mass is 10.1. The maximum atomic E-state index is 13.6. The molecule has 3 aromatic rings. The Hall–Kier alpha value is -2.44. The van der Waals surface area contributed by atoms with E-state index >= 15 is 0 Å². The lowest BCUT2D eigenvalue weighted by Gasteiger charge is -2.09. The normalized spacial score (nSPS) is 12.0. The van der Waals surface area contributed by atoms with Gasteiger partial charge in [0.1, 0.15) is 5.82 Å². The second kappa shape index (κ2) is 4.29. The van der Waals surface area contributed by atoms with Gasteiger partial charge in [0.2, 0.25) is 5.78 Å². The summed E-state index contributed by atoms with van der Waals surface area (Å²) < 4.78 is 52.7. The molecule has 7 heteroatoms. The summed E-state index contributed by atoms with van der Waals surface area (Å²) in [5.74, 6) is -0.920. The highest BCUT2D eigenvalue weighted by Crippen LogP contribution is 2.33. The van der Waals surface area contributed by atoms with Crippen molar-refractivity contribution >= 4 is 5.78 Å². The molecule has 2 heterocycles. The monoisotopic (exact) mass is 281 g/mol. The molecule has 0 unspecified atom stereocenters. The van der Waals surface area contributed by atoms with E-state index in [1.165, 1.54) is 12.3 Å². The third-order valence-electron chi connectivity index (χ3n) is 2.86. The molecule has 0 saturated carbocycles. The van der Waals surface area contributed by atoms with Gasteiger partial charge in [0, 0.05) is 18.0 Å². The molecule has 2 aromatic heterocycles. The zero-order chi connectivity index (χ0) is 14.3. The summed E-state index contributed by atoms with van der Waals surface area (Å²) >= 11 is 0. The van der Waals surface area contributed by atoms with E-state index in [2.05, 4.69) is 9.97 Å². The largest absolute Gasteiger partial charge is 0.419 e. The van der Waals surface area contributed by atoms with Crippen molar-refractivity contribution in [2.75, 3.05) is 0 Å². The number of benzene rings is 1. The summed E-state index contributed by atoms with van der Waals surface area (Å²) in [6.07, 6.45) is -0.0757. The number of nitrogens with zero attached hydrogens (tertiary/aromatic N) is 3. The van der Waals surface area contributed by atoms with Crippen molar-refractivity contribution in [3.05, 3.63) is 54.2 Å². The van der Waals surface area contributed by atoms with E-state index in [1.54, 1.807) is 22.9 Å². The van der Waals surface area contributed by atoms with Gasteiger partial charge in [-0.25, -0.2) is 14.4 Å². The van der Waals surface area contributed by atoms with Gasteiger partial charge >= 0.3 is 6.18 Å². The number of fused-ring (bicyclic) bond motifs is 1. The Bertz CT molecular complexity index is 777. The summed E-state index contributed by atoms with van der Waals surface area (Å²) in [6.45, 7) is 0. The van der Waals surface area contributed by atoms with Crippen LogP contribution < -0.4 is 0 Å². The van der Waals surface area contributed by atoms with Gasteiger partial charge in [-0.3, -0.25) is 4.40 Å². The van der Waals surface area contributed by atoms with Crippen molar-refractivity contribution in [3.63, 3.8) is 0 Å². The molecule has 0 fully saturated rings. The first kappa shape index (κ1) is 12.6. The molecule has 0 bridgehead atoms. The molecule has 3 rings (SSSR count). The summed E-state index contributed by atoms with van der Waals surface area (Å²) in [7, 11) is 0. The fraction of sp³-hybridized carbons (Fsp3) is 0.0769. The average molecular weight is 281 g/mol. The highest BCUT2D eigenvalue weighted by Gasteiger charge is 2.34. The van der Waals surface area contributed by atoms with E-state index in [1.807, 2.05) is 0 Å². The number of hydrogen-bond donors (Lipinski definition) is 0. The van der Waals surface area contributed by atoms with Gasteiger partial charge in [0.25, 0.3) is 0 Å². The molecule has 3 nitrogen and oxygen atoms in total. The van der Waals surface area contributed by atoms with Crippen LogP contribution in [0, 0.1) is 5.82 Å². The number of rotatable bonds is 1. The molecule has 102 valence electrons. The van der Waals surface area contributed by atoms with Gasteiger partial charge in [-0.05, 0) is 18.2 Å². The van der Waals surface area contributed by atoms with E-state index < -0.39 is 17.6 Å². The molecule has 0 atom stereocenters. The van der Waals surface area contributed by atoms with E-state index in [-0.39, 0.29) is 0 Å². The minimum absolute atomic E-state index is 0.302. The second-order valence-corrected chi connectivity index (χ2v) is 4.13. The molecule has 0 aliphatic carbocycles. The Kier molecular flexibility index (Phi) is 2.70. The first-order valence-corrected chi connectivity index (χ1v) is 5.62. The van der Waals surface area contributed by atoms with Gasteiger partial charge in [0.05, 0.1) is 17.5 Å². The lowest BCUT2D eigenvalue weighted by Crippen LogP contribution is -2.08. The third-order valence-corrected chi connectivity index (χ3v) is 2.86. The fourth-order valence-electron chi connectivity index (χ4n) is 1.95. The van der Waals surface area contributed by atoms with Crippen LogP contribution in [0.15, 0.2) is 42.9 Å². The fourth-order valence-corrected chi connectivity index (χ4v) is 1.95. The zero-order valence-corrected chi connectivity index (χ0v) is 9.89. The van der Waals surface area contributed by atoms with Crippen molar-refractivity contribution in [2.45, 2.75) is 6.18 Å². The van der Waals surface area contributed by atoms with Crippen LogP contribution in [0.25, 0.3) is 17.0 Å². The maximum Gasteiger partial charge on any atom is 0.419 e. The number of imidazole rings is 1. The van der Waals surface area contributed by atoms with Crippen LogP contribution in [0.2, 0.25) is 0 Å². The van der Waals surface area contributed by atoms with Crippen LogP contribution in [0.3, 0.4) is 0 Å². The molecule has 0 aliphatic rings. The highest BCUT2D eigenvalue weighted by molar-refractivity contribution is 5.62. The molecule has 0 radical (unpaired) electrons. The molecular formula is C13H7F4N3. The average Bonchev–Trinajstić information content (AvgIpc) is 2.80. The van der Waals surface area contributed by atoms with Gasteiger partial charge in [-0.15, -0.1) is 0 Å². The third kappa shape index (κ3) is 2.01. The molecule has 0 spiro atoms. The Morgan fingerprint density at radius 3 is 2.60 bits per heavy atom. The molecule has 0 saturated heterocycles. The number of halogens is 4.